The third kappa shape index (κ3) is 2.94. The van der Waals surface area contributed by atoms with E-state index >= 15 is 0 Å². The first-order valence-electron chi connectivity index (χ1n) is 6.01. The van der Waals surface area contributed by atoms with Crippen LogP contribution in [0, 0.1) is 5.82 Å². The summed E-state index contributed by atoms with van der Waals surface area (Å²) in [7, 11) is 0. The number of benzene rings is 1. The van der Waals surface area contributed by atoms with Crippen molar-refractivity contribution in [2.24, 2.45) is 0 Å². The average Bonchev–Trinajstić information content (AvgIpc) is 2.97. The molecule has 0 amide bonds. The fourth-order valence-corrected chi connectivity index (χ4v) is 3.09. The molecular formula is C14H10FN3OS2. The molecule has 3 aromatic rings. The van der Waals surface area contributed by atoms with Crippen molar-refractivity contribution in [3.05, 3.63) is 47.9 Å². The van der Waals surface area contributed by atoms with Gasteiger partial charge in [-0.1, -0.05) is 12.1 Å². The molecule has 0 spiro atoms. The van der Waals surface area contributed by atoms with Gasteiger partial charge in [0, 0.05) is 22.9 Å². The second kappa shape index (κ2) is 5.88. The zero-order valence-electron chi connectivity index (χ0n) is 11.0. The zero-order valence-corrected chi connectivity index (χ0v) is 12.6. The van der Waals surface area contributed by atoms with Crippen LogP contribution in [-0.2, 0) is 11.2 Å². The first kappa shape index (κ1) is 14.1. The molecular weight excluding hydrogens is 309 g/mol. The number of halogens is 1. The molecule has 4 nitrogen and oxygen atoms in total. The molecule has 0 saturated heterocycles. The van der Waals surface area contributed by atoms with Crippen molar-refractivity contribution in [2.45, 2.75) is 5.16 Å². The Balaban J connectivity index is 2.09. The Hall–Kier alpha value is -1.83. The largest absolute Gasteiger partial charge is 0.609 e. The van der Waals surface area contributed by atoms with Crippen molar-refractivity contribution in [3.63, 3.8) is 0 Å². The molecule has 3 rings (SSSR count). The van der Waals surface area contributed by atoms with Crippen molar-refractivity contribution in [1.82, 2.24) is 15.0 Å². The third-order valence-corrected chi connectivity index (χ3v) is 4.35. The van der Waals surface area contributed by atoms with Crippen LogP contribution in [0.4, 0.5) is 4.39 Å². The summed E-state index contributed by atoms with van der Waals surface area (Å²) in [5.41, 5.74) is 3.66. The van der Waals surface area contributed by atoms with Gasteiger partial charge in [0.25, 0.3) is 0 Å². The summed E-state index contributed by atoms with van der Waals surface area (Å²) >= 11 is 0.147. The minimum absolute atomic E-state index is 0.270. The molecule has 7 heteroatoms. The van der Waals surface area contributed by atoms with E-state index < -0.39 is 11.2 Å². The lowest BCUT2D eigenvalue weighted by Crippen LogP contribution is -2.04. The van der Waals surface area contributed by atoms with Crippen LogP contribution in [0.3, 0.4) is 0 Å². The topological polar surface area (TPSA) is 61.7 Å². The lowest BCUT2D eigenvalue weighted by molar-refractivity contribution is 0.592. The van der Waals surface area contributed by atoms with Gasteiger partial charge in [0.1, 0.15) is 12.1 Å². The molecule has 0 aliphatic heterocycles. The number of aromatic nitrogens is 3. The molecule has 1 unspecified atom stereocenters. The predicted molar refractivity (Wildman–Crippen MR) is 80.9 cm³/mol. The monoisotopic (exact) mass is 319 g/mol. The molecule has 0 bridgehead atoms. The molecule has 2 aromatic heterocycles. The van der Waals surface area contributed by atoms with E-state index in [1.54, 1.807) is 29.9 Å². The molecule has 0 radical (unpaired) electrons. The number of hydrogen-bond acceptors (Lipinski definition) is 5. The molecule has 0 aliphatic carbocycles. The van der Waals surface area contributed by atoms with Gasteiger partial charge in [-0.3, -0.25) is 0 Å². The molecule has 0 aliphatic rings. The summed E-state index contributed by atoms with van der Waals surface area (Å²) in [6, 6.07) is 7.98. The lowest BCUT2D eigenvalue weighted by Gasteiger charge is -2.05. The van der Waals surface area contributed by atoms with Crippen molar-refractivity contribution < 1.29 is 8.94 Å². The van der Waals surface area contributed by atoms with Gasteiger partial charge in [-0.15, -0.1) is 11.3 Å². The molecule has 1 atom stereocenters. The third-order valence-electron chi connectivity index (χ3n) is 2.79. The lowest BCUT2D eigenvalue weighted by atomic mass is 10.1. The fraction of sp³-hybridized carbons (Fsp3) is 0.0714. The van der Waals surface area contributed by atoms with Crippen molar-refractivity contribution >= 4 is 22.5 Å². The van der Waals surface area contributed by atoms with E-state index in [-0.39, 0.29) is 11.0 Å². The highest BCUT2D eigenvalue weighted by atomic mass is 32.2. The minimum atomic E-state index is -1.25. The Morgan fingerprint density at radius 1 is 1.24 bits per heavy atom. The van der Waals surface area contributed by atoms with Crippen LogP contribution in [0.5, 0.6) is 0 Å². The van der Waals surface area contributed by atoms with Gasteiger partial charge >= 0.3 is 5.16 Å². The standard InChI is InChI=1S/C14H10FN3OS2/c1-21(19)14-16-6-5-11(18-14)13-12(17-8-20-13)9-3-2-4-10(15)7-9/h2-8H,1H3. The van der Waals surface area contributed by atoms with E-state index in [1.165, 1.54) is 29.7 Å². The molecule has 0 fully saturated rings. The number of rotatable bonds is 3. The Morgan fingerprint density at radius 3 is 2.86 bits per heavy atom. The molecule has 0 saturated carbocycles. The van der Waals surface area contributed by atoms with Gasteiger partial charge < -0.3 is 4.55 Å². The second-order valence-corrected chi connectivity index (χ2v) is 6.35. The van der Waals surface area contributed by atoms with E-state index in [9.17, 15) is 8.94 Å². The van der Waals surface area contributed by atoms with Crippen LogP contribution in [0.25, 0.3) is 21.8 Å². The SMILES string of the molecule is C[S+]([O-])c1nccc(-c2scnc2-c2cccc(F)c2)n1. The molecule has 106 valence electrons. The van der Waals surface area contributed by atoms with Crippen molar-refractivity contribution in [2.75, 3.05) is 6.26 Å². The summed E-state index contributed by atoms with van der Waals surface area (Å²) in [4.78, 5) is 13.4. The zero-order chi connectivity index (χ0) is 14.8. The Morgan fingerprint density at radius 2 is 2.10 bits per heavy atom. The number of nitrogens with zero attached hydrogens (tertiary/aromatic N) is 3. The van der Waals surface area contributed by atoms with Gasteiger partial charge in [0.2, 0.25) is 0 Å². The Bertz CT molecular complexity index is 776. The number of hydrogen-bond donors (Lipinski definition) is 0. The van der Waals surface area contributed by atoms with E-state index in [0.717, 1.165) is 4.88 Å². The van der Waals surface area contributed by atoms with E-state index in [2.05, 4.69) is 15.0 Å². The van der Waals surface area contributed by atoms with Crippen LogP contribution in [0.15, 0.2) is 47.2 Å². The van der Waals surface area contributed by atoms with E-state index in [0.29, 0.717) is 17.0 Å². The first-order valence-corrected chi connectivity index (χ1v) is 8.45. The normalized spacial score (nSPS) is 12.3. The smallest absolute Gasteiger partial charge is 0.342 e. The minimum Gasteiger partial charge on any atom is -0.609 e. The highest BCUT2D eigenvalue weighted by Crippen LogP contribution is 2.33. The van der Waals surface area contributed by atoms with Crippen LogP contribution < -0.4 is 0 Å². The Labute approximate surface area is 127 Å². The summed E-state index contributed by atoms with van der Waals surface area (Å²) < 4.78 is 24.9. The second-order valence-electron chi connectivity index (χ2n) is 4.22. The fourth-order valence-electron chi connectivity index (χ4n) is 1.88. The van der Waals surface area contributed by atoms with Gasteiger partial charge in [-0.05, 0) is 18.2 Å². The van der Waals surface area contributed by atoms with Crippen LogP contribution in [0.1, 0.15) is 0 Å². The summed E-state index contributed by atoms with van der Waals surface area (Å²) in [5, 5.41) is 0.270. The highest BCUT2D eigenvalue weighted by Gasteiger charge is 2.16. The highest BCUT2D eigenvalue weighted by molar-refractivity contribution is 7.90. The first-order chi connectivity index (χ1) is 10.1. The maximum absolute atomic E-state index is 13.4. The maximum Gasteiger partial charge on any atom is 0.342 e. The molecule has 2 heterocycles. The quantitative estimate of drug-likeness (QED) is 0.549. The summed E-state index contributed by atoms with van der Waals surface area (Å²) in [5.74, 6) is -0.315. The van der Waals surface area contributed by atoms with Crippen LogP contribution >= 0.6 is 11.3 Å². The van der Waals surface area contributed by atoms with Gasteiger partial charge in [0.05, 0.1) is 21.8 Å². The van der Waals surface area contributed by atoms with Crippen molar-refractivity contribution in [3.8, 4) is 21.8 Å². The van der Waals surface area contributed by atoms with Gasteiger partial charge in [-0.25, -0.2) is 9.37 Å². The molecule has 0 N–H and O–H groups in total. The van der Waals surface area contributed by atoms with Crippen LogP contribution in [-0.4, -0.2) is 25.8 Å². The number of thiazole rings is 1. The molecule has 1 aromatic carbocycles. The predicted octanol–water partition coefficient (Wildman–Crippen LogP) is 3.14. The Kier molecular flexibility index (Phi) is 3.96. The molecule has 21 heavy (non-hydrogen) atoms. The van der Waals surface area contributed by atoms with Gasteiger partial charge in [-0.2, -0.15) is 9.97 Å². The van der Waals surface area contributed by atoms with E-state index in [4.69, 9.17) is 0 Å². The van der Waals surface area contributed by atoms with E-state index in [1.807, 2.05) is 0 Å². The average molecular weight is 319 g/mol. The summed E-state index contributed by atoms with van der Waals surface area (Å²) in [6.45, 7) is 0. The summed E-state index contributed by atoms with van der Waals surface area (Å²) in [6.07, 6.45) is 3.09. The maximum atomic E-state index is 13.4. The van der Waals surface area contributed by atoms with Gasteiger partial charge in [0.15, 0.2) is 0 Å². The van der Waals surface area contributed by atoms with Crippen molar-refractivity contribution in [1.29, 1.82) is 0 Å². The van der Waals surface area contributed by atoms with Crippen LogP contribution in [0.2, 0.25) is 0 Å².